The van der Waals surface area contributed by atoms with Gasteiger partial charge in [0.15, 0.2) is 11.6 Å². The number of fused-ring (bicyclic) bond motifs is 2. The third kappa shape index (κ3) is 10.2. The molecule has 75 heavy (non-hydrogen) atoms. The van der Waals surface area contributed by atoms with Crippen molar-refractivity contribution in [1.29, 1.82) is 0 Å². The van der Waals surface area contributed by atoms with Gasteiger partial charge in [0.05, 0.1) is 60.5 Å². The van der Waals surface area contributed by atoms with E-state index in [0.29, 0.717) is 132 Å². The highest BCUT2D eigenvalue weighted by atomic mass is 19.1. The average molecular weight is 1040 g/mol. The second kappa shape index (κ2) is 22.0. The monoisotopic (exact) mass is 1030 g/mol. The maximum absolute atomic E-state index is 16.5. The summed E-state index contributed by atoms with van der Waals surface area (Å²) in [6.07, 6.45) is 8.36. The van der Waals surface area contributed by atoms with Crippen LogP contribution in [0, 0.1) is 23.5 Å². The number of rotatable bonds is 12. The van der Waals surface area contributed by atoms with Gasteiger partial charge < -0.3 is 59.1 Å². The first-order chi connectivity index (χ1) is 36.6. The maximum Gasteiger partial charge on any atom is 0.407 e. The molecule has 18 nitrogen and oxygen atoms in total. The van der Waals surface area contributed by atoms with Crippen molar-refractivity contribution in [1.82, 2.24) is 40.4 Å². The zero-order chi connectivity index (χ0) is 51.7. The van der Waals surface area contributed by atoms with E-state index in [2.05, 4.69) is 25.5 Å². The van der Waals surface area contributed by atoms with Crippen LogP contribution in [0.3, 0.4) is 0 Å². The Hall–Kier alpha value is -6.54. The molecule has 1 unspecified atom stereocenters. The first-order valence-electron chi connectivity index (χ1n) is 27.0. The van der Waals surface area contributed by atoms with E-state index in [1.165, 1.54) is 26.4 Å². The standard InChI is InChI=1S/C55H68F2N10O8/c1-72-54(70)62-47(32-16-24-74-25-17-32)52(68)65-22-6-8-45(65)50-58-39-12-10-34(28-41(39)60-50)43-14-15-44(67(43)36-30-37(56)49(38(57)31-36)64-20-4-3-5-21-64)35-11-13-40-42(29-35)61-51(59-40)46-9-7-23-66(46)53(69)48(63-55(71)73-2)33-18-26-75-27-19-33/h10-13,28-33,43-48H,3-9,14-27H2,1-2H3,(H,58,60)(H,59,61)(H,62,70)(H,63,71)/t43-,44-,45+,46+,47+,48?/m1/s1. The van der Waals surface area contributed by atoms with E-state index < -0.39 is 35.9 Å². The van der Waals surface area contributed by atoms with Crippen molar-refractivity contribution in [2.24, 2.45) is 11.8 Å². The van der Waals surface area contributed by atoms with Crippen LogP contribution in [-0.2, 0) is 28.5 Å². The van der Waals surface area contributed by atoms with Crippen molar-refractivity contribution in [3.63, 3.8) is 0 Å². The second-order valence-electron chi connectivity index (χ2n) is 21.1. The van der Waals surface area contributed by atoms with Gasteiger partial charge in [-0.1, -0.05) is 12.1 Å². The molecular formula is C55H68F2N10O8. The molecule has 6 atom stereocenters. The first-order valence-corrected chi connectivity index (χ1v) is 27.0. The summed E-state index contributed by atoms with van der Waals surface area (Å²) in [6.45, 7) is 4.30. The number of ether oxygens (including phenoxy) is 4. The Morgan fingerprint density at radius 3 is 1.48 bits per heavy atom. The van der Waals surface area contributed by atoms with Crippen LogP contribution in [0.5, 0.6) is 0 Å². The number of likely N-dealkylation sites (tertiary alicyclic amines) is 2. The largest absolute Gasteiger partial charge is 0.453 e. The fraction of sp³-hybridized carbons (Fsp3) is 0.564. The number of methoxy groups -OCH3 is 2. The number of benzene rings is 3. The molecule has 6 saturated heterocycles. The quantitative estimate of drug-likeness (QED) is 0.0932. The lowest BCUT2D eigenvalue weighted by molar-refractivity contribution is -0.137. The van der Waals surface area contributed by atoms with Gasteiger partial charge in [0, 0.05) is 58.3 Å². The maximum atomic E-state index is 16.5. The van der Waals surface area contributed by atoms with Gasteiger partial charge >= 0.3 is 12.2 Å². The summed E-state index contributed by atoms with van der Waals surface area (Å²) < 4.78 is 54.1. The number of halogens is 2. The number of carbonyl (C=O) groups excluding carboxylic acids is 4. The lowest BCUT2D eigenvalue weighted by atomic mass is 9.90. The van der Waals surface area contributed by atoms with Gasteiger partial charge in [-0.25, -0.2) is 28.3 Å². The summed E-state index contributed by atoms with van der Waals surface area (Å²) in [4.78, 5) is 78.6. The zero-order valence-electron chi connectivity index (χ0n) is 42.8. The summed E-state index contributed by atoms with van der Waals surface area (Å²) in [6, 6.07) is 12.3. The Morgan fingerprint density at radius 1 is 0.587 bits per heavy atom. The predicted octanol–water partition coefficient (Wildman–Crippen LogP) is 8.42. The molecule has 20 heteroatoms. The number of H-pyrrole nitrogens is 2. The van der Waals surface area contributed by atoms with E-state index in [0.717, 1.165) is 54.3 Å². The van der Waals surface area contributed by atoms with E-state index in [-0.39, 0.29) is 53.5 Å². The van der Waals surface area contributed by atoms with Crippen LogP contribution in [0.25, 0.3) is 22.1 Å². The van der Waals surface area contributed by atoms with E-state index in [4.69, 9.17) is 28.9 Å². The summed E-state index contributed by atoms with van der Waals surface area (Å²) in [5, 5.41) is 5.66. The number of hydrogen-bond donors (Lipinski definition) is 4. The number of piperidine rings is 1. The van der Waals surface area contributed by atoms with Gasteiger partial charge in [-0.05, 0) is 143 Å². The normalized spacial score (nSPS) is 23.7. The number of aromatic nitrogens is 4. The molecule has 5 aromatic rings. The van der Waals surface area contributed by atoms with Gasteiger partial charge in [-0.3, -0.25) is 9.59 Å². The third-order valence-electron chi connectivity index (χ3n) is 16.8. The smallest absolute Gasteiger partial charge is 0.407 e. The summed E-state index contributed by atoms with van der Waals surface area (Å²) >= 11 is 0. The van der Waals surface area contributed by atoms with Crippen LogP contribution in [0.1, 0.15) is 130 Å². The van der Waals surface area contributed by atoms with E-state index in [1.807, 2.05) is 51.1 Å². The Bertz CT molecular complexity index is 2720. The zero-order valence-corrected chi connectivity index (χ0v) is 42.8. The molecule has 3 aromatic carbocycles. The fourth-order valence-electron chi connectivity index (χ4n) is 13.0. The van der Waals surface area contributed by atoms with Crippen molar-refractivity contribution < 1.29 is 46.9 Å². The highest BCUT2D eigenvalue weighted by molar-refractivity contribution is 5.88. The third-order valence-corrected chi connectivity index (χ3v) is 16.8. The molecule has 0 spiro atoms. The molecule has 6 aliphatic rings. The minimum absolute atomic E-state index is 0.0147. The number of nitrogens with zero attached hydrogens (tertiary/aromatic N) is 6. The predicted molar refractivity (Wildman–Crippen MR) is 275 cm³/mol. The fourth-order valence-corrected chi connectivity index (χ4v) is 13.0. The van der Waals surface area contributed by atoms with Crippen molar-refractivity contribution >= 4 is 57.4 Å². The molecule has 0 saturated carbocycles. The average Bonchev–Trinajstić information content (AvgIpc) is 4.31. The van der Waals surface area contributed by atoms with Crippen LogP contribution < -0.4 is 20.4 Å². The lowest BCUT2D eigenvalue weighted by Crippen LogP contribution is -2.53. The number of aromatic amines is 2. The highest BCUT2D eigenvalue weighted by Gasteiger charge is 2.43. The van der Waals surface area contributed by atoms with Crippen LogP contribution in [0.2, 0.25) is 0 Å². The van der Waals surface area contributed by atoms with Gasteiger partial charge in [-0.2, -0.15) is 0 Å². The van der Waals surface area contributed by atoms with Crippen molar-refractivity contribution in [2.45, 2.75) is 120 Å². The van der Waals surface area contributed by atoms with Crippen molar-refractivity contribution in [3.05, 3.63) is 82.9 Å². The Balaban J connectivity index is 0.894. The number of hydrogen-bond acceptors (Lipinski definition) is 12. The number of anilines is 2. The molecule has 4 amide bonds. The molecule has 0 radical (unpaired) electrons. The van der Waals surface area contributed by atoms with E-state index in [9.17, 15) is 19.2 Å². The second-order valence-corrected chi connectivity index (χ2v) is 21.1. The lowest BCUT2D eigenvalue weighted by Gasteiger charge is -2.35. The molecule has 400 valence electrons. The van der Waals surface area contributed by atoms with Gasteiger partial charge in [-0.15, -0.1) is 0 Å². The SMILES string of the molecule is COC(=O)NC(C(=O)N1CCC[C@H]1c1nc2cc([C@H]3CC[C@H](c4ccc5[nH]c([C@@H]6CCCN6C(=O)[C@@H](NC(=O)OC)C6CCOCC6)nc5c4)N3c3cc(F)c(N4CCCCC4)c(F)c3)ccc2[nH]1)C1CCOCC1. The number of nitrogens with one attached hydrogen (secondary N) is 4. The number of carbonyl (C=O) groups is 4. The van der Waals surface area contributed by atoms with Crippen LogP contribution in [-0.4, -0.2) is 133 Å². The molecule has 6 aliphatic heterocycles. The molecule has 0 bridgehead atoms. The molecule has 0 aliphatic carbocycles. The summed E-state index contributed by atoms with van der Waals surface area (Å²) in [5.74, 6) is -0.396. The Kier molecular flexibility index (Phi) is 14.8. The molecule has 8 heterocycles. The number of amides is 4. The first kappa shape index (κ1) is 50.6. The topological polar surface area (TPSA) is 200 Å². The van der Waals surface area contributed by atoms with Crippen LogP contribution in [0.4, 0.5) is 29.7 Å². The molecule has 4 N–H and O–H groups in total. The highest BCUT2D eigenvalue weighted by Crippen LogP contribution is 2.49. The molecule has 6 fully saturated rings. The van der Waals surface area contributed by atoms with Crippen molar-refractivity contribution in [2.75, 3.05) is 76.6 Å². The Labute approximate surface area is 434 Å². The van der Waals surface area contributed by atoms with E-state index >= 15 is 8.78 Å². The minimum atomic E-state index is -0.759. The summed E-state index contributed by atoms with van der Waals surface area (Å²) in [5.41, 5.74) is 5.33. The van der Waals surface area contributed by atoms with Crippen LogP contribution >= 0.6 is 0 Å². The summed E-state index contributed by atoms with van der Waals surface area (Å²) in [7, 11) is 2.59. The van der Waals surface area contributed by atoms with E-state index in [1.54, 1.807) is 0 Å². The number of imidazole rings is 2. The van der Waals surface area contributed by atoms with Crippen molar-refractivity contribution in [3.8, 4) is 0 Å². The minimum Gasteiger partial charge on any atom is -0.453 e. The molecule has 11 rings (SSSR count). The Morgan fingerprint density at radius 2 is 1.04 bits per heavy atom. The van der Waals surface area contributed by atoms with Gasteiger partial charge in [0.1, 0.15) is 29.4 Å². The van der Waals surface area contributed by atoms with Crippen LogP contribution in [0.15, 0.2) is 48.5 Å². The van der Waals surface area contributed by atoms with Gasteiger partial charge in [0.25, 0.3) is 0 Å². The molecule has 2 aromatic heterocycles. The number of alkyl carbamates (subject to hydrolysis) is 2. The molecular weight excluding hydrogens is 967 g/mol. The van der Waals surface area contributed by atoms with Gasteiger partial charge in [0.2, 0.25) is 11.8 Å².